The molecular formula is C26H27NO3. The normalized spacial score (nSPS) is 13.1. The summed E-state index contributed by atoms with van der Waals surface area (Å²) >= 11 is 0. The molecule has 0 saturated carbocycles. The van der Waals surface area contributed by atoms with E-state index >= 15 is 0 Å². The van der Waals surface area contributed by atoms with Gasteiger partial charge in [-0.1, -0.05) is 54.6 Å². The molecule has 1 aliphatic rings. The SMILES string of the molecule is CC(C)(C)OC(=O)N1CCc2cc(OCc3ccc(-c4ccccc4)cc3)ccc21. The number of anilines is 1. The minimum atomic E-state index is -0.501. The molecule has 1 amide bonds. The number of fused-ring (bicyclic) bond motifs is 1. The van der Waals surface area contributed by atoms with Crippen molar-refractivity contribution in [3.05, 3.63) is 83.9 Å². The predicted molar refractivity (Wildman–Crippen MR) is 120 cm³/mol. The third-order valence-electron chi connectivity index (χ3n) is 5.03. The van der Waals surface area contributed by atoms with Gasteiger partial charge in [0, 0.05) is 6.54 Å². The Morgan fingerprint density at radius 3 is 2.33 bits per heavy atom. The Morgan fingerprint density at radius 1 is 0.933 bits per heavy atom. The highest BCUT2D eigenvalue weighted by Crippen LogP contribution is 2.32. The van der Waals surface area contributed by atoms with Crippen LogP contribution < -0.4 is 9.64 Å². The van der Waals surface area contributed by atoms with Crippen LogP contribution in [0.3, 0.4) is 0 Å². The maximum Gasteiger partial charge on any atom is 0.414 e. The summed E-state index contributed by atoms with van der Waals surface area (Å²) in [5, 5.41) is 0. The molecule has 0 radical (unpaired) electrons. The zero-order valence-corrected chi connectivity index (χ0v) is 17.7. The van der Waals surface area contributed by atoms with Gasteiger partial charge in [-0.3, -0.25) is 4.90 Å². The Hall–Kier alpha value is -3.27. The van der Waals surface area contributed by atoms with Gasteiger partial charge >= 0.3 is 6.09 Å². The predicted octanol–water partition coefficient (Wildman–Crippen LogP) is 6.23. The molecule has 0 N–H and O–H groups in total. The van der Waals surface area contributed by atoms with Crippen LogP contribution in [0.25, 0.3) is 11.1 Å². The second kappa shape index (κ2) is 8.23. The molecule has 4 nitrogen and oxygen atoms in total. The van der Waals surface area contributed by atoms with E-state index in [9.17, 15) is 4.79 Å². The molecule has 0 fully saturated rings. The van der Waals surface area contributed by atoms with Crippen LogP contribution in [-0.4, -0.2) is 18.2 Å². The Labute approximate surface area is 178 Å². The zero-order chi connectivity index (χ0) is 21.1. The lowest BCUT2D eigenvalue weighted by Crippen LogP contribution is -2.35. The number of nitrogens with zero attached hydrogens (tertiary/aromatic N) is 1. The molecule has 0 bridgehead atoms. The van der Waals surface area contributed by atoms with Gasteiger partial charge < -0.3 is 9.47 Å². The summed E-state index contributed by atoms with van der Waals surface area (Å²) in [6.07, 6.45) is 0.505. The van der Waals surface area contributed by atoms with E-state index in [0.29, 0.717) is 13.2 Å². The van der Waals surface area contributed by atoms with Crippen molar-refractivity contribution in [1.82, 2.24) is 0 Å². The summed E-state index contributed by atoms with van der Waals surface area (Å²) in [6, 6.07) is 24.7. The number of hydrogen-bond acceptors (Lipinski definition) is 3. The van der Waals surface area contributed by atoms with Crippen LogP contribution in [0, 0.1) is 0 Å². The second-order valence-electron chi connectivity index (χ2n) is 8.52. The fourth-order valence-corrected chi connectivity index (χ4v) is 3.57. The van der Waals surface area contributed by atoms with Gasteiger partial charge in [-0.25, -0.2) is 4.79 Å². The van der Waals surface area contributed by atoms with Crippen LogP contribution in [0.4, 0.5) is 10.5 Å². The van der Waals surface area contributed by atoms with E-state index in [-0.39, 0.29) is 6.09 Å². The standard InChI is InChI=1S/C26H27NO3/c1-26(2,3)30-25(28)27-16-15-22-17-23(13-14-24(22)27)29-18-19-9-11-21(12-10-19)20-7-5-4-6-8-20/h4-14,17H,15-16,18H2,1-3H3. The maximum atomic E-state index is 12.4. The van der Waals surface area contributed by atoms with Crippen molar-refractivity contribution in [2.24, 2.45) is 0 Å². The molecule has 0 spiro atoms. The van der Waals surface area contributed by atoms with E-state index in [1.807, 2.05) is 57.2 Å². The molecule has 0 aliphatic carbocycles. The topological polar surface area (TPSA) is 38.8 Å². The Bertz CT molecular complexity index is 1020. The molecule has 30 heavy (non-hydrogen) atoms. The lowest BCUT2D eigenvalue weighted by molar-refractivity contribution is 0.0584. The minimum absolute atomic E-state index is 0.298. The van der Waals surface area contributed by atoms with Crippen LogP contribution >= 0.6 is 0 Å². The van der Waals surface area contributed by atoms with Crippen molar-refractivity contribution in [1.29, 1.82) is 0 Å². The average molecular weight is 402 g/mol. The molecule has 0 aromatic heterocycles. The molecular weight excluding hydrogens is 374 g/mol. The number of carbonyl (C=O) groups excluding carboxylic acids is 1. The average Bonchev–Trinajstić information content (AvgIpc) is 3.15. The first-order chi connectivity index (χ1) is 14.4. The fourth-order valence-electron chi connectivity index (χ4n) is 3.57. The lowest BCUT2D eigenvalue weighted by atomic mass is 10.0. The van der Waals surface area contributed by atoms with Crippen molar-refractivity contribution < 1.29 is 14.3 Å². The van der Waals surface area contributed by atoms with Crippen LogP contribution in [-0.2, 0) is 17.8 Å². The highest BCUT2D eigenvalue weighted by Gasteiger charge is 2.29. The van der Waals surface area contributed by atoms with Crippen molar-refractivity contribution >= 4 is 11.8 Å². The van der Waals surface area contributed by atoms with Gasteiger partial charge in [-0.15, -0.1) is 0 Å². The van der Waals surface area contributed by atoms with Crippen molar-refractivity contribution in [3.8, 4) is 16.9 Å². The van der Waals surface area contributed by atoms with Gasteiger partial charge in [0.15, 0.2) is 0 Å². The third-order valence-corrected chi connectivity index (χ3v) is 5.03. The number of hydrogen-bond donors (Lipinski definition) is 0. The first-order valence-corrected chi connectivity index (χ1v) is 10.3. The molecule has 0 atom stereocenters. The van der Waals surface area contributed by atoms with Gasteiger partial charge in [-0.05, 0) is 67.6 Å². The molecule has 4 rings (SSSR count). The van der Waals surface area contributed by atoms with Crippen molar-refractivity contribution in [3.63, 3.8) is 0 Å². The monoisotopic (exact) mass is 401 g/mol. The summed E-state index contributed by atoms with van der Waals surface area (Å²) in [4.78, 5) is 14.1. The van der Waals surface area contributed by atoms with E-state index in [4.69, 9.17) is 9.47 Å². The number of amides is 1. The first kappa shape index (κ1) is 20.0. The highest BCUT2D eigenvalue weighted by molar-refractivity contribution is 5.90. The fraction of sp³-hybridized carbons (Fsp3) is 0.269. The molecule has 0 unspecified atom stereocenters. The van der Waals surface area contributed by atoms with E-state index in [1.165, 1.54) is 11.1 Å². The summed E-state index contributed by atoms with van der Waals surface area (Å²) in [7, 11) is 0. The molecule has 0 saturated heterocycles. The van der Waals surface area contributed by atoms with E-state index in [1.54, 1.807) is 4.90 Å². The molecule has 1 heterocycles. The number of benzene rings is 3. The highest BCUT2D eigenvalue weighted by atomic mass is 16.6. The van der Waals surface area contributed by atoms with E-state index < -0.39 is 5.60 Å². The number of carbonyl (C=O) groups is 1. The smallest absolute Gasteiger partial charge is 0.414 e. The van der Waals surface area contributed by atoms with Gasteiger partial charge in [0.25, 0.3) is 0 Å². The summed E-state index contributed by atoms with van der Waals surface area (Å²) < 4.78 is 11.5. The van der Waals surface area contributed by atoms with Gasteiger partial charge in [0.05, 0.1) is 5.69 Å². The van der Waals surface area contributed by atoms with Crippen LogP contribution in [0.15, 0.2) is 72.8 Å². The summed E-state index contributed by atoms with van der Waals surface area (Å²) in [6.45, 7) is 6.78. The van der Waals surface area contributed by atoms with Crippen molar-refractivity contribution in [2.45, 2.75) is 39.4 Å². The minimum Gasteiger partial charge on any atom is -0.489 e. The summed E-state index contributed by atoms with van der Waals surface area (Å²) in [5.41, 5.74) is 5.03. The van der Waals surface area contributed by atoms with Crippen LogP contribution in [0.1, 0.15) is 31.9 Å². The Kier molecular flexibility index (Phi) is 5.49. The molecule has 3 aromatic carbocycles. The zero-order valence-electron chi connectivity index (χ0n) is 17.7. The molecule has 3 aromatic rings. The van der Waals surface area contributed by atoms with Gasteiger partial charge in [0.2, 0.25) is 0 Å². The van der Waals surface area contributed by atoms with Crippen LogP contribution in [0.5, 0.6) is 5.75 Å². The first-order valence-electron chi connectivity index (χ1n) is 10.3. The largest absolute Gasteiger partial charge is 0.489 e. The van der Waals surface area contributed by atoms with E-state index in [0.717, 1.165) is 29.0 Å². The maximum absolute atomic E-state index is 12.4. The van der Waals surface area contributed by atoms with Crippen LogP contribution in [0.2, 0.25) is 0 Å². The molecule has 1 aliphatic heterocycles. The quantitative estimate of drug-likeness (QED) is 0.520. The van der Waals surface area contributed by atoms with Gasteiger partial charge in [0.1, 0.15) is 18.0 Å². The third kappa shape index (κ3) is 4.65. The van der Waals surface area contributed by atoms with E-state index in [2.05, 4.69) is 36.4 Å². The van der Waals surface area contributed by atoms with Crippen molar-refractivity contribution in [2.75, 3.05) is 11.4 Å². The molecule has 4 heteroatoms. The number of ether oxygens (including phenoxy) is 2. The summed E-state index contributed by atoms with van der Waals surface area (Å²) in [5.74, 6) is 0.812. The lowest BCUT2D eigenvalue weighted by Gasteiger charge is -2.24. The molecule has 154 valence electrons. The Morgan fingerprint density at radius 2 is 1.63 bits per heavy atom. The second-order valence-corrected chi connectivity index (χ2v) is 8.52. The Balaban J connectivity index is 1.39. The van der Waals surface area contributed by atoms with Gasteiger partial charge in [-0.2, -0.15) is 0 Å². The number of rotatable bonds is 4.